The first-order valence-corrected chi connectivity index (χ1v) is 6.58. The van der Waals surface area contributed by atoms with Crippen LogP contribution in [0.15, 0.2) is 28.9 Å². The van der Waals surface area contributed by atoms with Crippen molar-refractivity contribution in [3.05, 3.63) is 41.4 Å². The molecule has 0 aliphatic heterocycles. The van der Waals surface area contributed by atoms with Crippen LogP contribution in [0.4, 0.5) is 5.95 Å². The Morgan fingerprint density at radius 1 is 1.40 bits per heavy atom. The van der Waals surface area contributed by atoms with E-state index < -0.39 is 0 Å². The van der Waals surface area contributed by atoms with Crippen LogP contribution in [0.5, 0.6) is 0 Å². The molecule has 0 bridgehead atoms. The van der Waals surface area contributed by atoms with Crippen molar-refractivity contribution < 1.29 is 4.52 Å². The largest absolute Gasteiger partial charge is 0.365 e. The third-order valence-corrected chi connectivity index (χ3v) is 3.32. The Balaban J connectivity index is 1.88. The molecule has 2 heterocycles. The van der Waals surface area contributed by atoms with E-state index in [1.54, 1.807) is 0 Å². The van der Waals surface area contributed by atoms with Crippen molar-refractivity contribution >= 4 is 16.9 Å². The number of nitrogens with one attached hydrogen (secondary N) is 2. The fraction of sp³-hybridized carbons (Fsp3) is 0.286. The van der Waals surface area contributed by atoms with Gasteiger partial charge in [0.25, 0.3) is 5.95 Å². The molecular formula is C14H17N5O. The fourth-order valence-corrected chi connectivity index (χ4v) is 2.32. The Hall–Kier alpha value is -2.34. The molecule has 0 atom stereocenters. The summed E-state index contributed by atoms with van der Waals surface area (Å²) in [5, 5.41) is 8.01. The number of anilines is 1. The number of nitrogen functional groups attached to an aromatic ring is 1. The van der Waals surface area contributed by atoms with Gasteiger partial charge in [0.15, 0.2) is 0 Å². The summed E-state index contributed by atoms with van der Waals surface area (Å²) in [7, 11) is 1.96. The van der Waals surface area contributed by atoms with Crippen molar-refractivity contribution in [3.63, 3.8) is 0 Å². The van der Waals surface area contributed by atoms with E-state index >= 15 is 0 Å². The highest BCUT2D eigenvalue weighted by atomic mass is 16.5. The van der Waals surface area contributed by atoms with Crippen LogP contribution >= 0.6 is 0 Å². The number of aromatic nitrogens is 3. The quantitative estimate of drug-likeness (QED) is 0.653. The minimum atomic E-state index is 0.178. The van der Waals surface area contributed by atoms with Gasteiger partial charge in [-0.1, -0.05) is 6.07 Å². The summed E-state index contributed by atoms with van der Waals surface area (Å²) in [6.07, 6.45) is 3.65. The second-order valence-electron chi connectivity index (χ2n) is 4.77. The topological polar surface area (TPSA) is 92.8 Å². The van der Waals surface area contributed by atoms with Crippen LogP contribution in [0.2, 0.25) is 0 Å². The molecule has 0 fully saturated rings. The van der Waals surface area contributed by atoms with Gasteiger partial charge in [-0.3, -0.25) is 0 Å². The van der Waals surface area contributed by atoms with Crippen LogP contribution in [-0.4, -0.2) is 28.7 Å². The number of likely N-dealkylation sites (N-methyl/N-ethyl adjacent to an activating group) is 1. The van der Waals surface area contributed by atoms with Crippen molar-refractivity contribution in [2.75, 3.05) is 19.3 Å². The molecule has 0 aliphatic carbocycles. The van der Waals surface area contributed by atoms with Crippen LogP contribution in [-0.2, 0) is 12.8 Å². The van der Waals surface area contributed by atoms with Crippen LogP contribution < -0.4 is 11.1 Å². The van der Waals surface area contributed by atoms with Crippen molar-refractivity contribution in [1.82, 2.24) is 20.4 Å². The van der Waals surface area contributed by atoms with Gasteiger partial charge in [0.2, 0.25) is 5.89 Å². The van der Waals surface area contributed by atoms with E-state index in [9.17, 15) is 0 Å². The third kappa shape index (κ3) is 2.50. The molecule has 104 valence electrons. The van der Waals surface area contributed by atoms with E-state index in [1.165, 1.54) is 10.9 Å². The zero-order chi connectivity index (χ0) is 13.9. The van der Waals surface area contributed by atoms with Gasteiger partial charge in [0.05, 0.1) is 6.42 Å². The summed E-state index contributed by atoms with van der Waals surface area (Å²) in [6.45, 7) is 0.956. The van der Waals surface area contributed by atoms with Gasteiger partial charge in [0.1, 0.15) is 0 Å². The molecule has 0 spiro atoms. The van der Waals surface area contributed by atoms with Crippen molar-refractivity contribution in [1.29, 1.82) is 0 Å². The molecule has 6 nitrogen and oxygen atoms in total. The van der Waals surface area contributed by atoms with Gasteiger partial charge in [-0.2, -0.15) is 4.98 Å². The SMILES string of the molecule is CNCCc1c[nH]c2ccc(Cc3nc(N)no3)cc12. The maximum atomic E-state index is 5.46. The zero-order valence-corrected chi connectivity index (χ0v) is 11.3. The summed E-state index contributed by atoms with van der Waals surface area (Å²) in [6, 6.07) is 6.30. The van der Waals surface area contributed by atoms with E-state index in [4.69, 9.17) is 10.3 Å². The summed E-state index contributed by atoms with van der Waals surface area (Å²) >= 11 is 0. The van der Waals surface area contributed by atoms with Crippen molar-refractivity contribution in [2.45, 2.75) is 12.8 Å². The predicted molar refractivity (Wildman–Crippen MR) is 77.4 cm³/mol. The lowest BCUT2D eigenvalue weighted by Crippen LogP contribution is -2.09. The van der Waals surface area contributed by atoms with Gasteiger partial charge < -0.3 is 20.6 Å². The van der Waals surface area contributed by atoms with Crippen LogP contribution in [0.25, 0.3) is 10.9 Å². The van der Waals surface area contributed by atoms with Crippen LogP contribution in [0.3, 0.4) is 0 Å². The minimum absolute atomic E-state index is 0.178. The van der Waals surface area contributed by atoms with Gasteiger partial charge in [0, 0.05) is 17.1 Å². The van der Waals surface area contributed by atoms with Crippen molar-refractivity contribution in [2.24, 2.45) is 0 Å². The Morgan fingerprint density at radius 3 is 3.05 bits per heavy atom. The van der Waals surface area contributed by atoms with E-state index in [1.807, 2.05) is 7.05 Å². The number of nitrogens with two attached hydrogens (primary N) is 1. The molecule has 2 aromatic heterocycles. The molecule has 3 aromatic rings. The van der Waals surface area contributed by atoms with Crippen LogP contribution in [0, 0.1) is 0 Å². The monoisotopic (exact) mass is 271 g/mol. The van der Waals surface area contributed by atoms with E-state index in [0.29, 0.717) is 12.3 Å². The number of nitrogens with zero attached hydrogens (tertiary/aromatic N) is 2. The summed E-state index contributed by atoms with van der Waals surface area (Å²) < 4.78 is 5.05. The lowest BCUT2D eigenvalue weighted by atomic mass is 10.1. The number of hydrogen-bond acceptors (Lipinski definition) is 5. The highest BCUT2D eigenvalue weighted by molar-refractivity contribution is 5.84. The number of benzene rings is 1. The normalized spacial score (nSPS) is 11.2. The van der Waals surface area contributed by atoms with Crippen molar-refractivity contribution in [3.8, 4) is 0 Å². The molecule has 0 amide bonds. The Kier molecular flexibility index (Phi) is 3.39. The molecule has 0 unspecified atom stereocenters. The summed E-state index contributed by atoms with van der Waals surface area (Å²) in [5.41, 5.74) is 9.04. The fourth-order valence-electron chi connectivity index (χ4n) is 2.32. The number of H-pyrrole nitrogens is 1. The molecule has 6 heteroatoms. The first-order chi connectivity index (χ1) is 9.76. The van der Waals surface area contributed by atoms with Gasteiger partial charge in [-0.05, 0) is 48.4 Å². The van der Waals surface area contributed by atoms with Gasteiger partial charge in [-0.15, -0.1) is 0 Å². The highest BCUT2D eigenvalue weighted by Crippen LogP contribution is 2.21. The second-order valence-corrected chi connectivity index (χ2v) is 4.77. The molecule has 0 saturated carbocycles. The van der Waals surface area contributed by atoms with Crippen LogP contribution in [0.1, 0.15) is 17.0 Å². The maximum absolute atomic E-state index is 5.46. The van der Waals surface area contributed by atoms with E-state index in [0.717, 1.165) is 24.0 Å². The Morgan fingerprint density at radius 2 is 2.30 bits per heavy atom. The standard InChI is InChI=1S/C14H17N5O/c1-16-5-4-10-8-17-12-3-2-9(6-11(10)12)7-13-18-14(15)19-20-13/h2-3,6,8,16-17H,4-5,7H2,1H3,(H2,15,19). The number of rotatable bonds is 5. The molecule has 3 rings (SSSR count). The lowest BCUT2D eigenvalue weighted by Gasteiger charge is -2.01. The summed E-state index contributed by atoms with van der Waals surface area (Å²) in [5.74, 6) is 0.714. The molecule has 0 aliphatic rings. The van der Waals surface area contributed by atoms with E-state index in [-0.39, 0.29) is 5.95 Å². The first kappa shape index (κ1) is 12.7. The average Bonchev–Trinajstić information content (AvgIpc) is 3.03. The van der Waals surface area contributed by atoms with Gasteiger partial charge in [-0.25, -0.2) is 0 Å². The molecule has 1 aromatic carbocycles. The Bertz CT molecular complexity index is 715. The highest BCUT2D eigenvalue weighted by Gasteiger charge is 2.08. The smallest absolute Gasteiger partial charge is 0.260 e. The molecular weight excluding hydrogens is 254 g/mol. The number of fused-ring (bicyclic) bond motifs is 1. The first-order valence-electron chi connectivity index (χ1n) is 6.58. The summed E-state index contributed by atoms with van der Waals surface area (Å²) in [4.78, 5) is 7.32. The Labute approximate surface area is 116 Å². The number of hydrogen-bond donors (Lipinski definition) is 3. The molecule has 0 radical (unpaired) electrons. The molecule has 20 heavy (non-hydrogen) atoms. The third-order valence-electron chi connectivity index (χ3n) is 3.32. The lowest BCUT2D eigenvalue weighted by molar-refractivity contribution is 0.386. The molecule has 4 N–H and O–H groups in total. The minimum Gasteiger partial charge on any atom is -0.365 e. The van der Waals surface area contributed by atoms with E-state index in [2.05, 4.69) is 44.8 Å². The number of aromatic amines is 1. The maximum Gasteiger partial charge on any atom is 0.260 e. The second kappa shape index (κ2) is 5.34. The predicted octanol–water partition coefficient (Wildman–Crippen LogP) is 1.49. The zero-order valence-electron chi connectivity index (χ0n) is 11.3. The molecule has 0 saturated heterocycles. The average molecular weight is 271 g/mol. The van der Waals surface area contributed by atoms with Gasteiger partial charge >= 0.3 is 0 Å².